The van der Waals surface area contributed by atoms with E-state index in [1.165, 1.54) is 11.8 Å². The maximum Gasteiger partial charge on any atom is 0.240 e. The van der Waals surface area contributed by atoms with Crippen molar-refractivity contribution in [1.82, 2.24) is 14.9 Å². The molecule has 0 aliphatic carbocycles. The minimum absolute atomic E-state index is 0.132. The Morgan fingerprint density at radius 3 is 2.80 bits per heavy atom. The van der Waals surface area contributed by atoms with Crippen LogP contribution in [0.2, 0.25) is 5.02 Å². The van der Waals surface area contributed by atoms with Gasteiger partial charge in [0.15, 0.2) is 5.82 Å². The van der Waals surface area contributed by atoms with E-state index in [-0.39, 0.29) is 11.9 Å². The Balaban J connectivity index is 1.65. The van der Waals surface area contributed by atoms with Crippen LogP contribution in [-0.2, 0) is 11.2 Å². The normalized spacial score (nSPS) is 17.7. The smallest absolute Gasteiger partial charge is 0.240 e. The fourth-order valence-electron chi connectivity index (χ4n) is 3.32. The molecule has 2 heterocycles. The number of thioether (sulfide) groups is 1. The second-order valence-electron chi connectivity index (χ2n) is 6.90. The summed E-state index contributed by atoms with van der Waals surface area (Å²) < 4.78 is 7.14. The van der Waals surface area contributed by atoms with Crippen LogP contribution in [0.5, 0.6) is 5.75 Å². The van der Waals surface area contributed by atoms with Crippen LogP contribution in [0.25, 0.3) is 0 Å². The van der Waals surface area contributed by atoms with Gasteiger partial charge in [0.2, 0.25) is 11.1 Å². The van der Waals surface area contributed by atoms with Crippen molar-refractivity contribution in [2.24, 2.45) is 0 Å². The van der Waals surface area contributed by atoms with Crippen LogP contribution >= 0.6 is 23.4 Å². The van der Waals surface area contributed by atoms with Crippen molar-refractivity contribution in [2.45, 2.75) is 36.2 Å². The Morgan fingerprint density at radius 2 is 2.07 bits per heavy atom. The van der Waals surface area contributed by atoms with Crippen molar-refractivity contribution >= 4 is 35.0 Å². The van der Waals surface area contributed by atoms with Gasteiger partial charge in [0.1, 0.15) is 11.0 Å². The van der Waals surface area contributed by atoms with E-state index in [2.05, 4.69) is 27.9 Å². The number of fused-ring (bicyclic) bond motifs is 1. The summed E-state index contributed by atoms with van der Waals surface area (Å²) in [5, 5.41) is 12.4. The quantitative estimate of drug-likeness (QED) is 0.591. The second-order valence-corrected chi connectivity index (χ2v) is 8.45. The van der Waals surface area contributed by atoms with E-state index in [1.807, 2.05) is 47.1 Å². The number of carbonyl (C=O) groups excluding carboxylic acids is 1. The molecule has 1 aliphatic heterocycles. The molecule has 0 bridgehead atoms. The lowest BCUT2D eigenvalue weighted by atomic mass is 10.0. The van der Waals surface area contributed by atoms with Gasteiger partial charge in [0.25, 0.3) is 0 Å². The van der Waals surface area contributed by atoms with Gasteiger partial charge in [0, 0.05) is 23.2 Å². The first kappa shape index (κ1) is 20.6. The van der Waals surface area contributed by atoms with Crippen molar-refractivity contribution in [2.75, 3.05) is 17.9 Å². The summed E-state index contributed by atoms with van der Waals surface area (Å²) in [5.41, 5.74) is 5.08. The molecule has 7 nitrogen and oxygen atoms in total. The van der Waals surface area contributed by atoms with Crippen LogP contribution in [0.3, 0.4) is 0 Å². The number of rotatable bonds is 6. The third kappa shape index (κ3) is 4.24. The number of methoxy groups -OCH3 is 1. The predicted octanol–water partition coefficient (Wildman–Crippen LogP) is 4.29. The number of aromatic nitrogens is 3. The van der Waals surface area contributed by atoms with Crippen molar-refractivity contribution in [3.8, 4) is 5.75 Å². The van der Waals surface area contributed by atoms with E-state index < -0.39 is 5.25 Å². The molecule has 1 aromatic heterocycles. The van der Waals surface area contributed by atoms with E-state index in [0.717, 1.165) is 24.2 Å². The molecule has 0 saturated heterocycles. The molecule has 156 valence electrons. The lowest BCUT2D eigenvalue weighted by Gasteiger charge is -2.33. The summed E-state index contributed by atoms with van der Waals surface area (Å²) in [6.07, 6.45) is 1.75. The highest BCUT2D eigenvalue weighted by atomic mass is 35.5. The number of hydrogen-bond acceptors (Lipinski definition) is 6. The topological polar surface area (TPSA) is 81.1 Å². The van der Waals surface area contributed by atoms with Gasteiger partial charge in [-0.2, -0.15) is 0 Å². The Hall–Kier alpha value is -2.71. The Bertz CT molecular complexity index is 1040. The highest BCUT2D eigenvalue weighted by Gasteiger charge is 2.37. The number of carbonyl (C=O) groups is 1. The average molecular weight is 444 g/mol. The number of benzene rings is 2. The number of ether oxygens (including phenoxy) is 1. The van der Waals surface area contributed by atoms with Crippen molar-refractivity contribution in [3.05, 3.63) is 64.9 Å². The minimum atomic E-state index is -0.455. The molecule has 0 unspecified atom stereocenters. The SMILES string of the molecule is CCCc1nnc2n1N[C@H](c1ccc(Cl)cc1)[C@@H](C(=O)Nc1cccc(OC)c1)S2. The van der Waals surface area contributed by atoms with Gasteiger partial charge in [-0.3, -0.25) is 4.79 Å². The Morgan fingerprint density at radius 1 is 1.27 bits per heavy atom. The lowest BCUT2D eigenvalue weighted by molar-refractivity contribution is -0.116. The average Bonchev–Trinajstić information content (AvgIpc) is 3.15. The minimum Gasteiger partial charge on any atom is -0.497 e. The highest BCUT2D eigenvalue weighted by Crippen LogP contribution is 2.38. The van der Waals surface area contributed by atoms with Crippen LogP contribution in [0.1, 0.15) is 30.8 Å². The molecule has 0 radical (unpaired) electrons. The van der Waals surface area contributed by atoms with E-state index in [4.69, 9.17) is 16.3 Å². The van der Waals surface area contributed by atoms with Gasteiger partial charge in [0.05, 0.1) is 13.2 Å². The van der Waals surface area contributed by atoms with Gasteiger partial charge in [-0.15, -0.1) is 10.2 Å². The largest absolute Gasteiger partial charge is 0.497 e. The van der Waals surface area contributed by atoms with Gasteiger partial charge < -0.3 is 15.5 Å². The van der Waals surface area contributed by atoms with Crippen molar-refractivity contribution in [3.63, 3.8) is 0 Å². The van der Waals surface area contributed by atoms with E-state index >= 15 is 0 Å². The zero-order valence-electron chi connectivity index (χ0n) is 16.6. The summed E-state index contributed by atoms with van der Waals surface area (Å²) in [4.78, 5) is 13.3. The number of halogens is 1. The molecule has 1 amide bonds. The van der Waals surface area contributed by atoms with Gasteiger partial charge >= 0.3 is 0 Å². The molecule has 0 saturated carbocycles. The zero-order chi connectivity index (χ0) is 21.1. The molecule has 30 heavy (non-hydrogen) atoms. The van der Waals surface area contributed by atoms with E-state index in [9.17, 15) is 4.79 Å². The van der Waals surface area contributed by atoms with Crippen LogP contribution in [0, 0.1) is 0 Å². The third-order valence-electron chi connectivity index (χ3n) is 4.80. The molecule has 2 atom stereocenters. The summed E-state index contributed by atoms with van der Waals surface area (Å²) >= 11 is 7.47. The van der Waals surface area contributed by atoms with E-state index in [0.29, 0.717) is 21.6 Å². The van der Waals surface area contributed by atoms with Gasteiger partial charge in [-0.25, -0.2) is 4.68 Å². The fraction of sp³-hybridized carbons (Fsp3) is 0.286. The van der Waals surface area contributed by atoms with Crippen molar-refractivity contribution in [1.29, 1.82) is 0 Å². The second kappa shape index (κ2) is 8.97. The third-order valence-corrected chi connectivity index (χ3v) is 6.27. The lowest BCUT2D eigenvalue weighted by Crippen LogP contribution is -2.41. The number of amides is 1. The van der Waals surface area contributed by atoms with Crippen LogP contribution in [-0.4, -0.2) is 33.1 Å². The number of anilines is 1. The first-order valence-corrected chi connectivity index (χ1v) is 10.9. The maximum absolute atomic E-state index is 13.3. The molecule has 1 aliphatic rings. The molecule has 0 fully saturated rings. The van der Waals surface area contributed by atoms with Gasteiger partial charge in [-0.1, -0.05) is 48.5 Å². The molecule has 9 heteroatoms. The molecule has 3 aromatic rings. The Kier molecular flexibility index (Phi) is 6.15. The zero-order valence-corrected chi connectivity index (χ0v) is 18.2. The van der Waals surface area contributed by atoms with Gasteiger partial charge in [-0.05, 0) is 36.2 Å². The monoisotopic (exact) mass is 443 g/mol. The summed E-state index contributed by atoms with van der Waals surface area (Å²) in [5.74, 6) is 1.40. The van der Waals surface area contributed by atoms with Crippen molar-refractivity contribution < 1.29 is 9.53 Å². The van der Waals surface area contributed by atoms with Crippen LogP contribution < -0.4 is 15.5 Å². The maximum atomic E-state index is 13.3. The fourth-order valence-corrected chi connectivity index (χ4v) is 4.54. The first-order valence-electron chi connectivity index (χ1n) is 9.67. The molecular formula is C21H22ClN5O2S. The first-order chi connectivity index (χ1) is 14.6. The van der Waals surface area contributed by atoms with E-state index in [1.54, 1.807) is 13.2 Å². The summed E-state index contributed by atoms with van der Waals surface area (Å²) in [6.45, 7) is 2.10. The predicted molar refractivity (Wildman–Crippen MR) is 119 cm³/mol. The Labute approximate surface area is 184 Å². The number of aryl methyl sites for hydroxylation is 1. The number of nitrogens with zero attached hydrogens (tertiary/aromatic N) is 3. The molecule has 2 N–H and O–H groups in total. The molecular weight excluding hydrogens is 422 g/mol. The van der Waals surface area contributed by atoms with Crippen LogP contribution in [0.15, 0.2) is 53.7 Å². The molecule has 4 rings (SSSR count). The number of nitrogens with one attached hydrogen (secondary N) is 2. The highest BCUT2D eigenvalue weighted by molar-refractivity contribution is 8.00. The number of hydrogen-bond donors (Lipinski definition) is 2. The summed E-state index contributed by atoms with van der Waals surface area (Å²) in [7, 11) is 1.60. The molecule has 0 spiro atoms. The van der Waals surface area contributed by atoms with Crippen LogP contribution in [0.4, 0.5) is 5.69 Å². The standard InChI is InChI=1S/C21H22ClN5O2S/c1-3-5-17-24-25-21-27(17)26-18(13-8-10-14(22)11-9-13)19(30-21)20(28)23-15-6-4-7-16(12-15)29-2/h4,6-12,18-19,26H,3,5H2,1-2H3,(H,23,28)/t18-,19+/m1/s1. The summed E-state index contributed by atoms with van der Waals surface area (Å²) in [6, 6.07) is 14.5. The molecule has 2 aromatic carbocycles.